The van der Waals surface area contributed by atoms with Gasteiger partial charge in [-0.15, -0.1) is 0 Å². The van der Waals surface area contributed by atoms with Crippen molar-refractivity contribution < 1.29 is 13.2 Å². The summed E-state index contributed by atoms with van der Waals surface area (Å²) in [6.45, 7) is 0. The van der Waals surface area contributed by atoms with E-state index in [2.05, 4.69) is 20.5 Å². The molecule has 18 heavy (non-hydrogen) atoms. The third-order valence-corrected chi connectivity index (χ3v) is 2.10. The Hall–Kier alpha value is -2.31. The van der Waals surface area contributed by atoms with Crippen LogP contribution in [0.25, 0.3) is 0 Å². The number of aromatic amines is 1. The van der Waals surface area contributed by atoms with Crippen molar-refractivity contribution in [1.82, 2.24) is 9.97 Å². The Balaban J connectivity index is 1.99. The van der Waals surface area contributed by atoms with Crippen LogP contribution in [-0.2, 0) is 6.18 Å². The monoisotopic (exact) mass is 254 g/mol. The molecule has 7 heteroatoms. The molecule has 94 valence electrons. The van der Waals surface area contributed by atoms with Crippen LogP contribution in [-0.4, -0.2) is 16.2 Å². The molecule has 0 aliphatic rings. The zero-order chi connectivity index (χ0) is 13.0. The molecule has 4 nitrogen and oxygen atoms in total. The van der Waals surface area contributed by atoms with Crippen LogP contribution in [0.15, 0.2) is 41.8 Å². The SMILES string of the molecule is FC(F)(F)c1ccc(N/N=C/c2ccc[nH]2)nc1. The van der Waals surface area contributed by atoms with Crippen LogP contribution in [0.2, 0.25) is 0 Å². The minimum atomic E-state index is -4.38. The molecule has 2 heterocycles. The zero-order valence-electron chi connectivity index (χ0n) is 9.07. The standard InChI is InChI=1S/C11H9F3N4/c12-11(13,14)8-3-4-10(16-6-8)18-17-7-9-2-1-5-15-9/h1-7,15H,(H,16,18)/b17-7+. The van der Waals surface area contributed by atoms with Crippen molar-refractivity contribution in [2.24, 2.45) is 5.10 Å². The van der Waals surface area contributed by atoms with Gasteiger partial charge in [0.2, 0.25) is 0 Å². The average molecular weight is 254 g/mol. The first-order valence-corrected chi connectivity index (χ1v) is 5.01. The lowest BCUT2D eigenvalue weighted by Crippen LogP contribution is -2.05. The highest BCUT2D eigenvalue weighted by Gasteiger charge is 2.30. The van der Waals surface area contributed by atoms with Crippen molar-refractivity contribution in [2.45, 2.75) is 6.18 Å². The summed E-state index contributed by atoms with van der Waals surface area (Å²) in [5.74, 6) is 0.241. The average Bonchev–Trinajstić information content (AvgIpc) is 2.82. The summed E-state index contributed by atoms with van der Waals surface area (Å²) in [6, 6.07) is 5.76. The van der Waals surface area contributed by atoms with E-state index in [-0.39, 0.29) is 5.82 Å². The molecule has 2 rings (SSSR count). The van der Waals surface area contributed by atoms with Crippen molar-refractivity contribution in [2.75, 3.05) is 5.43 Å². The lowest BCUT2D eigenvalue weighted by atomic mass is 10.3. The highest BCUT2D eigenvalue weighted by atomic mass is 19.4. The summed E-state index contributed by atoms with van der Waals surface area (Å²) < 4.78 is 36.8. The Morgan fingerprint density at radius 2 is 2.11 bits per heavy atom. The number of alkyl halides is 3. The molecule has 2 aromatic rings. The van der Waals surface area contributed by atoms with Crippen LogP contribution in [0.5, 0.6) is 0 Å². The molecule has 0 saturated carbocycles. The lowest BCUT2D eigenvalue weighted by Gasteiger charge is -2.06. The van der Waals surface area contributed by atoms with Gasteiger partial charge in [0, 0.05) is 12.4 Å². The van der Waals surface area contributed by atoms with Gasteiger partial charge in [0.05, 0.1) is 17.5 Å². The molecule has 2 N–H and O–H groups in total. The van der Waals surface area contributed by atoms with Crippen LogP contribution < -0.4 is 5.43 Å². The predicted molar refractivity (Wildman–Crippen MR) is 61.2 cm³/mol. The third-order valence-electron chi connectivity index (χ3n) is 2.10. The van der Waals surface area contributed by atoms with E-state index in [9.17, 15) is 13.2 Å². The minimum Gasteiger partial charge on any atom is -0.360 e. The molecule has 0 spiro atoms. The maximum Gasteiger partial charge on any atom is 0.417 e. The van der Waals surface area contributed by atoms with Gasteiger partial charge in [0.1, 0.15) is 5.82 Å². The third kappa shape index (κ3) is 3.09. The van der Waals surface area contributed by atoms with Gasteiger partial charge < -0.3 is 4.98 Å². The van der Waals surface area contributed by atoms with Gasteiger partial charge in [0.15, 0.2) is 0 Å². The van der Waals surface area contributed by atoms with Gasteiger partial charge in [-0.05, 0) is 24.3 Å². The second kappa shape index (κ2) is 4.91. The predicted octanol–water partition coefficient (Wildman–Crippen LogP) is 2.87. The Kier molecular flexibility index (Phi) is 3.31. The summed E-state index contributed by atoms with van der Waals surface area (Å²) >= 11 is 0. The Bertz CT molecular complexity index is 514. The van der Waals surface area contributed by atoms with Gasteiger partial charge in [-0.3, -0.25) is 5.43 Å². The van der Waals surface area contributed by atoms with Crippen LogP contribution >= 0.6 is 0 Å². The second-order valence-corrected chi connectivity index (χ2v) is 3.43. The van der Waals surface area contributed by atoms with Gasteiger partial charge in [-0.25, -0.2) is 4.98 Å². The molecule has 0 fully saturated rings. The summed E-state index contributed by atoms with van der Waals surface area (Å²) in [5, 5.41) is 3.83. The number of hydrazone groups is 1. The Labute approximate surface area is 101 Å². The second-order valence-electron chi connectivity index (χ2n) is 3.43. The molecule has 0 amide bonds. The smallest absolute Gasteiger partial charge is 0.360 e. The summed E-state index contributed by atoms with van der Waals surface area (Å²) in [4.78, 5) is 6.50. The fourth-order valence-electron chi connectivity index (χ4n) is 1.22. The first-order valence-electron chi connectivity index (χ1n) is 5.01. The highest BCUT2D eigenvalue weighted by Crippen LogP contribution is 2.28. The minimum absolute atomic E-state index is 0.241. The van der Waals surface area contributed by atoms with Gasteiger partial charge in [-0.2, -0.15) is 18.3 Å². The molecule has 0 aliphatic carbocycles. The number of halogens is 3. The molecule has 0 bridgehead atoms. The molecule has 0 saturated heterocycles. The van der Waals surface area contributed by atoms with E-state index in [1.54, 1.807) is 18.3 Å². The number of aromatic nitrogens is 2. The van der Waals surface area contributed by atoms with Crippen molar-refractivity contribution in [1.29, 1.82) is 0 Å². The maximum atomic E-state index is 12.3. The highest BCUT2D eigenvalue weighted by molar-refractivity contribution is 5.77. The van der Waals surface area contributed by atoms with E-state index >= 15 is 0 Å². The largest absolute Gasteiger partial charge is 0.417 e. The number of pyridine rings is 1. The van der Waals surface area contributed by atoms with E-state index in [1.165, 1.54) is 12.3 Å². The van der Waals surface area contributed by atoms with E-state index < -0.39 is 11.7 Å². The lowest BCUT2D eigenvalue weighted by molar-refractivity contribution is -0.137. The first kappa shape index (κ1) is 12.2. The molecule has 0 unspecified atom stereocenters. The number of hydrogen-bond acceptors (Lipinski definition) is 3. The molecular formula is C11H9F3N4. The van der Waals surface area contributed by atoms with Crippen molar-refractivity contribution in [3.63, 3.8) is 0 Å². The number of hydrogen-bond donors (Lipinski definition) is 2. The van der Waals surface area contributed by atoms with E-state index in [0.717, 1.165) is 18.0 Å². The molecule has 0 radical (unpaired) electrons. The number of nitrogens with zero attached hydrogens (tertiary/aromatic N) is 2. The molecule has 0 aliphatic heterocycles. The molecular weight excluding hydrogens is 245 g/mol. The molecule has 0 atom stereocenters. The van der Waals surface area contributed by atoms with Gasteiger partial charge in [-0.1, -0.05) is 0 Å². The fraction of sp³-hybridized carbons (Fsp3) is 0.0909. The van der Waals surface area contributed by atoms with Gasteiger partial charge >= 0.3 is 6.18 Å². The number of anilines is 1. The summed E-state index contributed by atoms with van der Waals surface area (Å²) in [5.41, 5.74) is 2.51. The topological polar surface area (TPSA) is 53.1 Å². The van der Waals surface area contributed by atoms with Crippen molar-refractivity contribution in [3.05, 3.63) is 47.9 Å². The Morgan fingerprint density at radius 1 is 1.28 bits per heavy atom. The number of nitrogens with one attached hydrogen (secondary N) is 2. The number of rotatable bonds is 3. The maximum absolute atomic E-state index is 12.3. The van der Waals surface area contributed by atoms with E-state index in [0.29, 0.717) is 0 Å². The van der Waals surface area contributed by atoms with Crippen molar-refractivity contribution >= 4 is 12.0 Å². The van der Waals surface area contributed by atoms with Crippen LogP contribution in [0.3, 0.4) is 0 Å². The fourth-order valence-corrected chi connectivity index (χ4v) is 1.22. The summed E-state index contributed by atoms with van der Waals surface area (Å²) in [7, 11) is 0. The normalized spacial score (nSPS) is 11.9. The Morgan fingerprint density at radius 3 is 2.67 bits per heavy atom. The quantitative estimate of drug-likeness (QED) is 0.653. The van der Waals surface area contributed by atoms with Crippen molar-refractivity contribution in [3.8, 4) is 0 Å². The van der Waals surface area contributed by atoms with Crippen LogP contribution in [0, 0.1) is 0 Å². The van der Waals surface area contributed by atoms with Gasteiger partial charge in [0.25, 0.3) is 0 Å². The zero-order valence-corrected chi connectivity index (χ0v) is 9.07. The van der Waals surface area contributed by atoms with Crippen LogP contribution in [0.4, 0.5) is 19.0 Å². The molecule has 2 aromatic heterocycles. The van der Waals surface area contributed by atoms with E-state index in [1.807, 2.05) is 0 Å². The number of H-pyrrole nitrogens is 1. The van der Waals surface area contributed by atoms with Crippen LogP contribution in [0.1, 0.15) is 11.3 Å². The first-order chi connectivity index (χ1) is 8.55. The molecule has 0 aromatic carbocycles. The summed E-state index contributed by atoms with van der Waals surface area (Å²) in [6.07, 6.45) is -0.386. The van der Waals surface area contributed by atoms with E-state index in [4.69, 9.17) is 0 Å².